The van der Waals surface area contributed by atoms with E-state index in [1.807, 2.05) is 14.1 Å². The minimum Gasteiger partial charge on any atom is -0.481 e. The molecule has 188 valence electrons. The van der Waals surface area contributed by atoms with Crippen LogP contribution >= 0.6 is 0 Å². The standard InChI is InChI=1S/C23H47N5O4/c1-24-14-8-6-12-19(26-3)21(29)17-18(23(31)32)11-5-10-16-28-22(30)20(27-4)13-7-9-15-25-2/h18-20,24-27H,5-17H2,1-4H3,(H,28,30)(H,31,32). The van der Waals surface area contributed by atoms with Crippen LogP contribution in [0.5, 0.6) is 0 Å². The number of hydrogen-bond donors (Lipinski definition) is 6. The van der Waals surface area contributed by atoms with Crippen LogP contribution < -0.4 is 26.6 Å². The average molecular weight is 458 g/mol. The summed E-state index contributed by atoms with van der Waals surface area (Å²) in [6.07, 6.45) is 7.24. The summed E-state index contributed by atoms with van der Waals surface area (Å²) < 4.78 is 0. The van der Waals surface area contributed by atoms with Crippen LogP contribution in [0.25, 0.3) is 0 Å². The van der Waals surface area contributed by atoms with Crippen molar-refractivity contribution in [2.75, 3.05) is 47.8 Å². The fourth-order valence-corrected chi connectivity index (χ4v) is 3.72. The summed E-state index contributed by atoms with van der Waals surface area (Å²) in [4.78, 5) is 36.5. The molecule has 0 aliphatic carbocycles. The molecule has 0 aromatic heterocycles. The van der Waals surface area contributed by atoms with Crippen LogP contribution in [-0.4, -0.2) is 82.7 Å². The molecule has 9 nitrogen and oxygen atoms in total. The Kier molecular flexibility index (Phi) is 19.1. The van der Waals surface area contributed by atoms with Crippen molar-refractivity contribution in [2.45, 2.75) is 76.3 Å². The number of ketones is 1. The van der Waals surface area contributed by atoms with E-state index < -0.39 is 11.9 Å². The molecule has 0 aromatic carbocycles. The van der Waals surface area contributed by atoms with Gasteiger partial charge < -0.3 is 31.7 Å². The highest BCUT2D eigenvalue weighted by molar-refractivity contribution is 5.87. The monoisotopic (exact) mass is 457 g/mol. The number of carboxylic acid groups (broad SMARTS) is 1. The fourth-order valence-electron chi connectivity index (χ4n) is 3.72. The van der Waals surface area contributed by atoms with Crippen molar-refractivity contribution in [1.29, 1.82) is 0 Å². The quantitative estimate of drug-likeness (QED) is 0.132. The highest BCUT2D eigenvalue weighted by Crippen LogP contribution is 2.16. The highest BCUT2D eigenvalue weighted by Gasteiger charge is 2.25. The normalized spacial score (nSPS) is 14.0. The first-order chi connectivity index (χ1) is 15.4. The molecular weight excluding hydrogens is 410 g/mol. The summed E-state index contributed by atoms with van der Waals surface area (Å²) in [6.45, 7) is 2.36. The molecule has 0 aromatic rings. The summed E-state index contributed by atoms with van der Waals surface area (Å²) in [6, 6.07) is -0.498. The molecule has 0 fully saturated rings. The zero-order chi connectivity index (χ0) is 24.2. The van der Waals surface area contributed by atoms with Crippen molar-refractivity contribution in [3.8, 4) is 0 Å². The van der Waals surface area contributed by atoms with E-state index in [0.717, 1.165) is 51.6 Å². The maximum Gasteiger partial charge on any atom is 0.306 e. The Morgan fingerprint density at radius 2 is 1.19 bits per heavy atom. The second kappa shape index (κ2) is 20.1. The van der Waals surface area contributed by atoms with Gasteiger partial charge in [0.1, 0.15) is 0 Å². The Bertz CT molecular complexity index is 519. The average Bonchev–Trinajstić information content (AvgIpc) is 2.77. The van der Waals surface area contributed by atoms with Crippen molar-refractivity contribution in [1.82, 2.24) is 26.6 Å². The highest BCUT2D eigenvalue weighted by atomic mass is 16.4. The third-order valence-electron chi connectivity index (χ3n) is 5.82. The zero-order valence-electron chi connectivity index (χ0n) is 20.6. The maximum atomic E-state index is 12.6. The molecule has 0 saturated heterocycles. The van der Waals surface area contributed by atoms with Gasteiger partial charge in [-0.3, -0.25) is 14.4 Å². The van der Waals surface area contributed by atoms with Gasteiger partial charge in [0.2, 0.25) is 5.91 Å². The molecule has 3 unspecified atom stereocenters. The van der Waals surface area contributed by atoms with Crippen molar-refractivity contribution in [2.24, 2.45) is 5.92 Å². The number of Topliss-reactive ketones (excluding diaryl/α,β-unsaturated/α-hetero) is 1. The van der Waals surface area contributed by atoms with Gasteiger partial charge in [0, 0.05) is 13.0 Å². The lowest BCUT2D eigenvalue weighted by molar-refractivity contribution is -0.144. The molecule has 1 amide bonds. The fraction of sp³-hybridized carbons (Fsp3) is 0.870. The van der Waals surface area contributed by atoms with Crippen LogP contribution in [0.15, 0.2) is 0 Å². The third kappa shape index (κ3) is 14.5. The Morgan fingerprint density at radius 1 is 0.688 bits per heavy atom. The van der Waals surface area contributed by atoms with Crippen molar-refractivity contribution in [3.05, 3.63) is 0 Å². The van der Waals surface area contributed by atoms with Crippen LogP contribution in [0.2, 0.25) is 0 Å². The Hall–Kier alpha value is -1.55. The molecule has 9 heteroatoms. The minimum absolute atomic E-state index is 0.0166. The molecule has 0 rings (SSSR count). The molecule has 3 atom stereocenters. The van der Waals surface area contributed by atoms with Crippen molar-refractivity contribution >= 4 is 17.7 Å². The number of unbranched alkanes of at least 4 members (excludes halogenated alkanes) is 3. The van der Waals surface area contributed by atoms with Gasteiger partial charge in [-0.15, -0.1) is 0 Å². The summed E-state index contributed by atoms with van der Waals surface area (Å²) in [5.74, 6) is -1.65. The van der Waals surface area contributed by atoms with Gasteiger partial charge in [-0.25, -0.2) is 0 Å². The smallest absolute Gasteiger partial charge is 0.306 e. The number of rotatable bonds is 22. The van der Waals surface area contributed by atoms with Gasteiger partial charge in [-0.05, 0) is 79.8 Å². The van der Waals surface area contributed by atoms with E-state index in [4.69, 9.17) is 0 Å². The van der Waals surface area contributed by atoms with E-state index >= 15 is 0 Å². The number of carboxylic acids is 1. The van der Waals surface area contributed by atoms with E-state index in [1.54, 1.807) is 14.1 Å². The Morgan fingerprint density at radius 3 is 1.69 bits per heavy atom. The third-order valence-corrected chi connectivity index (χ3v) is 5.82. The Balaban J connectivity index is 4.27. The minimum atomic E-state index is -0.927. The van der Waals surface area contributed by atoms with Crippen LogP contribution in [0.1, 0.15) is 64.2 Å². The van der Waals surface area contributed by atoms with Gasteiger partial charge in [-0.2, -0.15) is 0 Å². The van der Waals surface area contributed by atoms with Gasteiger partial charge >= 0.3 is 5.97 Å². The van der Waals surface area contributed by atoms with Crippen LogP contribution in [0.3, 0.4) is 0 Å². The second-order valence-corrected chi connectivity index (χ2v) is 8.37. The van der Waals surface area contributed by atoms with E-state index in [0.29, 0.717) is 25.8 Å². The van der Waals surface area contributed by atoms with Gasteiger partial charge in [0.05, 0.1) is 18.0 Å². The topological polar surface area (TPSA) is 132 Å². The number of nitrogens with one attached hydrogen (secondary N) is 5. The van der Waals surface area contributed by atoms with E-state index in [-0.39, 0.29) is 30.2 Å². The molecular formula is C23H47N5O4. The van der Waals surface area contributed by atoms with Crippen molar-refractivity contribution in [3.63, 3.8) is 0 Å². The maximum absolute atomic E-state index is 12.6. The predicted octanol–water partition coefficient (Wildman–Crippen LogP) is 0.888. The van der Waals surface area contributed by atoms with Gasteiger partial charge in [-0.1, -0.05) is 19.3 Å². The lowest BCUT2D eigenvalue weighted by Crippen LogP contribution is -2.43. The number of amides is 1. The summed E-state index contributed by atoms with van der Waals surface area (Å²) in [5, 5.41) is 24.7. The van der Waals surface area contributed by atoms with Gasteiger partial charge in [0.25, 0.3) is 0 Å². The lowest BCUT2D eigenvalue weighted by atomic mass is 9.92. The lowest BCUT2D eigenvalue weighted by Gasteiger charge is -2.18. The first kappa shape index (κ1) is 30.4. The molecule has 0 saturated carbocycles. The molecule has 6 N–H and O–H groups in total. The predicted molar refractivity (Wildman–Crippen MR) is 129 cm³/mol. The molecule has 0 aliphatic rings. The first-order valence-electron chi connectivity index (χ1n) is 12.1. The number of carbonyl (C=O) groups is 3. The van der Waals surface area contributed by atoms with E-state index in [2.05, 4.69) is 26.6 Å². The first-order valence-corrected chi connectivity index (χ1v) is 12.1. The second-order valence-electron chi connectivity index (χ2n) is 8.37. The molecule has 0 aliphatic heterocycles. The number of carbonyl (C=O) groups excluding carboxylic acids is 2. The number of hydrogen-bond acceptors (Lipinski definition) is 7. The number of aliphatic carboxylic acids is 1. The summed E-state index contributed by atoms with van der Waals surface area (Å²) >= 11 is 0. The SMILES string of the molecule is CNCCCCC(NC)C(=O)CC(CCCCNC(=O)C(CCCCNC)NC)C(=O)O. The van der Waals surface area contributed by atoms with E-state index in [9.17, 15) is 19.5 Å². The molecule has 0 bridgehead atoms. The zero-order valence-corrected chi connectivity index (χ0v) is 20.6. The summed E-state index contributed by atoms with van der Waals surface area (Å²) in [5.41, 5.74) is 0. The van der Waals surface area contributed by atoms with E-state index in [1.165, 1.54) is 0 Å². The number of likely N-dealkylation sites (N-methyl/N-ethyl adjacent to an activating group) is 2. The molecule has 0 radical (unpaired) electrons. The van der Waals surface area contributed by atoms with Crippen molar-refractivity contribution < 1.29 is 19.5 Å². The summed E-state index contributed by atoms with van der Waals surface area (Å²) in [7, 11) is 7.35. The van der Waals surface area contributed by atoms with Crippen LogP contribution in [-0.2, 0) is 14.4 Å². The van der Waals surface area contributed by atoms with Crippen LogP contribution in [0, 0.1) is 5.92 Å². The van der Waals surface area contributed by atoms with Crippen LogP contribution in [0.4, 0.5) is 0 Å². The van der Waals surface area contributed by atoms with Gasteiger partial charge in [0.15, 0.2) is 5.78 Å². The Labute approximate surface area is 194 Å². The largest absolute Gasteiger partial charge is 0.481 e. The molecule has 0 heterocycles. The molecule has 0 spiro atoms. The molecule has 32 heavy (non-hydrogen) atoms.